The molecule has 1 fully saturated rings. The van der Waals surface area contributed by atoms with E-state index in [9.17, 15) is 34.2 Å². The predicted octanol–water partition coefficient (Wildman–Crippen LogP) is 0.900. The molecule has 2 aliphatic heterocycles. The third kappa shape index (κ3) is 6.63. The highest BCUT2D eigenvalue weighted by Crippen LogP contribution is 2.42. The molecule has 2 aliphatic rings. The third-order valence-corrected chi connectivity index (χ3v) is 9.97. The summed E-state index contributed by atoms with van der Waals surface area (Å²) >= 11 is 2.46. The number of aryl methyl sites for hydroxylation is 1. The van der Waals surface area contributed by atoms with E-state index in [0.29, 0.717) is 16.4 Å². The first-order valence-electron chi connectivity index (χ1n) is 14.4. The number of tetrazole rings is 1. The number of urea groups is 1. The van der Waals surface area contributed by atoms with E-state index >= 15 is 0 Å². The second-order valence-corrected chi connectivity index (χ2v) is 12.7. The number of amides is 4. The number of aromatic nitrogens is 6. The Morgan fingerprint density at radius 1 is 1.16 bits per heavy atom. The number of aromatic hydroxyl groups is 1. The normalized spacial score (nSPS) is 17.5. The number of nitrogens with zero attached hydrogens (tertiary/aromatic N) is 7. The molecule has 0 radical (unpaired) electrons. The first kappa shape index (κ1) is 33.0. The minimum atomic E-state index is -1.61. The molecule has 4 aromatic rings. The molecular weight excluding hydrogens is 679 g/mol. The maximum atomic E-state index is 14.0. The predicted molar refractivity (Wildman–Crippen MR) is 177 cm³/mol. The molecule has 18 nitrogen and oxygen atoms in total. The van der Waals surface area contributed by atoms with E-state index in [4.69, 9.17) is 5.73 Å². The van der Waals surface area contributed by atoms with Crippen molar-refractivity contribution in [3.05, 3.63) is 88.0 Å². The number of fused-ring (bicyclic) bond motifs is 1. The Bertz CT molecular complexity index is 2020. The van der Waals surface area contributed by atoms with Crippen LogP contribution < -0.4 is 26.8 Å². The van der Waals surface area contributed by atoms with Gasteiger partial charge in [0.2, 0.25) is 17.0 Å². The molecule has 0 spiro atoms. The molecule has 6 rings (SSSR count). The Labute approximate surface area is 284 Å². The van der Waals surface area contributed by atoms with Crippen molar-refractivity contribution < 1.29 is 29.4 Å². The van der Waals surface area contributed by atoms with Crippen LogP contribution in [0.4, 0.5) is 22.1 Å². The van der Waals surface area contributed by atoms with Crippen molar-refractivity contribution >= 4 is 64.7 Å². The number of β-lactam (4-membered cyclic amide) rings is 1. The number of carboxylic acids is 1. The molecule has 20 heteroatoms. The number of H-pyrrole nitrogens is 1. The van der Waals surface area contributed by atoms with Crippen LogP contribution in [0.5, 0.6) is 5.75 Å². The van der Waals surface area contributed by atoms with Gasteiger partial charge in [-0.2, -0.15) is 0 Å². The molecule has 252 valence electrons. The topological polar surface area (TPSA) is 255 Å². The molecule has 0 bridgehead atoms. The molecule has 4 amide bonds. The van der Waals surface area contributed by atoms with E-state index in [1.165, 1.54) is 52.5 Å². The van der Waals surface area contributed by atoms with Gasteiger partial charge in [0, 0.05) is 24.2 Å². The van der Waals surface area contributed by atoms with Crippen molar-refractivity contribution in [3.8, 4) is 5.75 Å². The number of aromatic amines is 1. The zero-order valence-corrected chi connectivity index (χ0v) is 27.0. The minimum Gasteiger partial charge on any atom is -0.508 e. The first-order valence-corrected chi connectivity index (χ1v) is 16.4. The Morgan fingerprint density at radius 2 is 1.90 bits per heavy atom. The average molecular weight is 706 g/mol. The number of carboxylic acid groups (broad SMARTS) is 1. The molecule has 2 aromatic heterocycles. The molecule has 0 saturated carbocycles. The van der Waals surface area contributed by atoms with Gasteiger partial charge in [0.15, 0.2) is 0 Å². The van der Waals surface area contributed by atoms with Crippen LogP contribution in [0.25, 0.3) is 0 Å². The van der Waals surface area contributed by atoms with Crippen LogP contribution in [0.15, 0.2) is 82.0 Å². The second-order valence-electron chi connectivity index (χ2n) is 10.7. The number of primary amides is 1. The molecule has 3 atom stereocenters. The summed E-state index contributed by atoms with van der Waals surface area (Å²) in [5.41, 5.74) is 5.61. The van der Waals surface area contributed by atoms with Gasteiger partial charge < -0.3 is 26.6 Å². The lowest BCUT2D eigenvalue weighted by Crippen LogP contribution is -2.71. The van der Waals surface area contributed by atoms with Crippen LogP contribution in [0.3, 0.4) is 0 Å². The summed E-state index contributed by atoms with van der Waals surface area (Å²) in [6.07, 6.45) is 1.07. The smallest absolute Gasteiger partial charge is 0.352 e. The van der Waals surface area contributed by atoms with Crippen molar-refractivity contribution in [3.63, 3.8) is 0 Å². The number of benzene rings is 2. The number of hydrogen-bond acceptors (Lipinski definition) is 13. The van der Waals surface area contributed by atoms with Gasteiger partial charge in [-0.25, -0.2) is 19.3 Å². The van der Waals surface area contributed by atoms with E-state index in [1.54, 1.807) is 31.3 Å². The van der Waals surface area contributed by atoms with Crippen LogP contribution in [0, 0.1) is 0 Å². The van der Waals surface area contributed by atoms with Gasteiger partial charge in [-0.1, -0.05) is 42.1 Å². The third-order valence-electron chi connectivity index (χ3n) is 7.53. The van der Waals surface area contributed by atoms with E-state index in [1.807, 2.05) is 6.07 Å². The van der Waals surface area contributed by atoms with Crippen molar-refractivity contribution in [2.24, 2.45) is 12.8 Å². The van der Waals surface area contributed by atoms with Crippen LogP contribution in [0.2, 0.25) is 0 Å². The fraction of sp³-hybridized carbons (Fsp3) is 0.207. The molecule has 0 aliphatic carbocycles. The van der Waals surface area contributed by atoms with E-state index < -0.39 is 46.8 Å². The molecule has 4 heterocycles. The lowest BCUT2D eigenvalue weighted by molar-refractivity contribution is -0.150. The van der Waals surface area contributed by atoms with E-state index in [0.717, 1.165) is 16.0 Å². The SMILES string of the molecule is Cn1nnnc1SCC1=C(C(=O)O)N2C(=O)C(NC(=O)C(c3ccc(O)cc3)N(C(N)=O)c3cnc(Nc4ccccc4)[nH]c3=O)[C@@H]2SC1. The monoisotopic (exact) mass is 705 g/mol. The van der Waals surface area contributed by atoms with Crippen molar-refractivity contribution in [2.75, 3.05) is 21.7 Å². The number of anilines is 3. The highest BCUT2D eigenvalue weighted by molar-refractivity contribution is 8.01. The summed E-state index contributed by atoms with van der Waals surface area (Å²) in [6.45, 7) is 0. The maximum absolute atomic E-state index is 14.0. The zero-order valence-electron chi connectivity index (χ0n) is 25.4. The Morgan fingerprint density at radius 3 is 2.53 bits per heavy atom. The lowest BCUT2D eigenvalue weighted by Gasteiger charge is -2.49. The van der Waals surface area contributed by atoms with Crippen LogP contribution in [-0.2, 0) is 21.4 Å². The summed E-state index contributed by atoms with van der Waals surface area (Å²) < 4.78 is 1.44. The Kier molecular flexibility index (Phi) is 9.23. The fourth-order valence-electron chi connectivity index (χ4n) is 5.26. The number of rotatable bonds is 11. The van der Waals surface area contributed by atoms with Gasteiger partial charge in [-0.05, 0) is 45.8 Å². The average Bonchev–Trinajstić information content (AvgIpc) is 3.50. The van der Waals surface area contributed by atoms with Gasteiger partial charge in [-0.3, -0.25) is 29.2 Å². The maximum Gasteiger partial charge on any atom is 0.352 e. The van der Waals surface area contributed by atoms with Gasteiger partial charge in [0.25, 0.3) is 11.5 Å². The Balaban J connectivity index is 1.27. The number of aliphatic carboxylic acids is 1. The van der Waals surface area contributed by atoms with Gasteiger partial charge in [0.05, 0.1) is 6.20 Å². The van der Waals surface area contributed by atoms with Crippen molar-refractivity contribution in [1.82, 2.24) is 40.4 Å². The number of phenolic OH excluding ortho intramolecular Hbond substituents is 1. The number of nitrogens with one attached hydrogen (secondary N) is 3. The van der Waals surface area contributed by atoms with Gasteiger partial charge in [-0.15, -0.1) is 16.9 Å². The summed E-state index contributed by atoms with van der Waals surface area (Å²) in [5.74, 6) is -2.53. The first-order chi connectivity index (χ1) is 23.5. The Hall–Kier alpha value is -5.89. The summed E-state index contributed by atoms with van der Waals surface area (Å²) in [6, 6.07) is 10.2. The van der Waals surface area contributed by atoms with Gasteiger partial charge >= 0.3 is 12.0 Å². The second kappa shape index (κ2) is 13.7. The number of nitrogens with two attached hydrogens (primary N) is 1. The number of carbonyl (C=O) groups excluding carboxylic acids is 3. The van der Waals surface area contributed by atoms with Crippen molar-refractivity contribution in [2.45, 2.75) is 22.6 Å². The quantitative estimate of drug-likeness (QED) is 0.0937. The zero-order chi connectivity index (χ0) is 34.8. The fourth-order valence-corrected chi connectivity index (χ4v) is 7.60. The van der Waals surface area contributed by atoms with Crippen LogP contribution in [0.1, 0.15) is 11.6 Å². The number of phenols is 1. The molecule has 1 saturated heterocycles. The lowest BCUT2D eigenvalue weighted by atomic mass is 10.00. The van der Waals surface area contributed by atoms with E-state index in [-0.39, 0.29) is 40.2 Å². The highest BCUT2D eigenvalue weighted by atomic mass is 32.2. The molecule has 49 heavy (non-hydrogen) atoms. The number of hydrogen-bond donors (Lipinski definition) is 6. The summed E-state index contributed by atoms with van der Waals surface area (Å²) in [5, 5.41) is 36.4. The standard InChI is InChI=1S/C29H27N11O7S2/c1-38-29(35-36-37-38)49-13-15-12-48-25-19(24(44)40(25)21(15)26(45)46)33-23(43)20(14-7-9-17(41)10-8-14)39(27(30)47)18-11-31-28(34-22(18)42)32-16-5-3-2-4-6-16/h2-11,19-20,25,41H,12-13H2,1H3,(H2,30,47)(H,33,43)(H,45,46)(H2,31,32,34,42)/t19?,20?,25-/m0/s1. The van der Waals surface area contributed by atoms with Gasteiger partial charge in [0.1, 0.15) is 34.6 Å². The molecule has 2 aromatic carbocycles. The molecule has 2 unspecified atom stereocenters. The molecular formula is C29H27N11O7S2. The largest absolute Gasteiger partial charge is 0.508 e. The van der Waals surface area contributed by atoms with E-state index in [2.05, 4.69) is 36.1 Å². The van der Waals surface area contributed by atoms with Crippen molar-refractivity contribution in [1.29, 1.82) is 0 Å². The number of thioether (sulfide) groups is 2. The number of carbonyl (C=O) groups is 4. The minimum absolute atomic E-state index is 0.0535. The summed E-state index contributed by atoms with van der Waals surface area (Å²) in [7, 11) is 1.64. The highest BCUT2D eigenvalue weighted by Gasteiger charge is 2.55. The van der Waals surface area contributed by atoms with Crippen LogP contribution in [-0.4, -0.2) is 92.0 Å². The van der Waals surface area contributed by atoms with Crippen LogP contribution >= 0.6 is 23.5 Å². The molecule has 7 N–H and O–H groups in total. The number of para-hydroxylation sites is 1. The summed E-state index contributed by atoms with van der Waals surface area (Å²) in [4.78, 5) is 74.6.